The number of hydrogen-bond donors (Lipinski definition) is 2. The monoisotopic (exact) mass is 552 g/mol. The van der Waals surface area contributed by atoms with Gasteiger partial charge in [0, 0.05) is 11.0 Å². The largest absolute Gasteiger partial charge is 0.507 e. The molecule has 1 saturated carbocycles. The van der Waals surface area contributed by atoms with Gasteiger partial charge < -0.3 is 14.9 Å². The molecule has 2 N–H and O–H groups in total. The van der Waals surface area contributed by atoms with Crippen molar-refractivity contribution in [3.63, 3.8) is 0 Å². The van der Waals surface area contributed by atoms with Gasteiger partial charge in [0.25, 0.3) is 0 Å². The fraction of sp³-hybridized carbons (Fsp3) is 0.594. The van der Waals surface area contributed by atoms with Gasteiger partial charge in [0.05, 0.1) is 30.1 Å². The van der Waals surface area contributed by atoms with Crippen molar-refractivity contribution >= 4 is 29.1 Å². The number of phenolic OH excluding ortho intramolecular Hbond substituents is 1. The van der Waals surface area contributed by atoms with Crippen LogP contribution in [0.4, 0.5) is 0 Å². The van der Waals surface area contributed by atoms with E-state index in [2.05, 4.69) is 0 Å². The summed E-state index contributed by atoms with van der Waals surface area (Å²) in [7, 11) is 0. The van der Waals surface area contributed by atoms with Crippen LogP contribution in [0.15, 0.2) is 17.2 Å². The molecule has 1 aromatic rings. The summed E-state index contributed by atoms with van der Waals surface area (Å²) in [4.78, 5) is 66.9. The molecule has 4 rings (SSSR count). The van der Waals surface area contributed by atoms with E-state index in [4.69, 9.17) is 4.74 Å². The molecule has 0 aromatic heterocycles. The number of ether oxygens (including phenoxy) is 1. The number of hydrogen-bond acceptors (Lipinski definition) is 8. The quantitative estimate of drug-likeness (QED) is 0.304. The number of esters is 1. The lowest BCUT2D eigenvalue weighted by molar-refractivity contribution is -0.183. The second-order valence-electron chi connectivity index (χ2n) is 13.4. The number of ketones is 4. The molecule has 0 bridgehead atoms. The van der Waals surface area contributed by atoms with Gasteiger partial charge in [-0.05, 0) is 61.5 Å². The van der Waals surface area contributed by atoms with Crippen LogP contribution in [0, 0.1) is 22.7 Å². The molecule has 8 heteroatoms. The molecule has 0 heterocycles. The Bertz CT molecular complexity index is 1380. The summed E-state index contributed by atoms with van der Waals surface area (Å²) < 4.78 is 5.29. The van der Waals surface area contributed by atoms with Gasteiger partial charge in [-0.25, -0.2) is 0 Å². The fourth-order valence-corrected chi connectivity index (χ4v) is 7.54. The van der Waals surface area contributed by atoms with Gasteiger partial charge in [-0.2, -0.15) is 0 Å². The summed E-state index contributed by atoms with van der Waals surface area (Å²) in [6.07, 6.45) is 0.375. The minimum Gasteiger partial charge on any atom is -0.507 e. The summed E-state index contributed by atoms with van der Waals surface area (Å²) in [6.45, 7) is 14.3. The minimum atomic E-state index is -2.54. The van der Waals surface area contributed by atoms with Gasteiger partial charge in [0.1, 0.15) is 5.75 Å². The Kier molecular flexibility index (Phi) is 7.28. The number of Topliss-reactive ketones (excluding diaryl/α,β-unsaturated/α-hetero) is 4. The zero-order valence-electron chi connectivity index (χ0n) is 24.7. The Labute approximate surface area is 235 Å². The van der Waals surface area contributed by atoms with Crippen LogP contribution in [-0.2, 0) is 36.8 Å². The van der Waals surface area contributed by atoms with Gasteiger partial charge in [-0.3, -0.25) is 24.0 Å². The summed E-state index contributed by atoms with van der Waals surface area (Å²) in [5.74, 6) is -5.34. The molecule has 8 nitrogen and oxygen atoms in total. The van der Waals surface area contributed by atoms with Crippen molar-refractivity contribution in [3.8, 4) is 5.75 Å². The number of benzene rings is 1. The van der Waals surface area contributed by atoms with Crippen LogP contribution < -0.4 is 0 Å². The van der Waals surface area contributed by atoms with E-state index in [1.807, 2.05) is 34.6 Å². The van der Waals surface area contributed by atoms with Gasteiger partial charge in [0.15, 0.2) is 23.0 Å². The Morgan fingerprint density at radius 2 is 1.73 bits per heavy atom. The second-order valence-corrected chi connectivity index (χ2v) is 13.4. The number of carbonyl (C=O) groups excluding carboxylic acids is 5. The normalized spacial score (nSPS) is 29.9. The first-order chi connectivity index (χ1) is 18.4. The molecule has 216 valence electrons. The minimum absolute atomic E-state index is 0.0392. The summed E-state index contributed by atoms with van der Waals surface area (Å²) in [5, 5.41) is 23.2. The molecule has 0 spiro atoms. The van der Waals surface area contributed by atoms with Crippen LogP contribution in [0.2, 0.25) is 0 Å². The SMILES string of the molecule is CC(=O)C1=C(C)CC2(C)CC3(C)Cc4c(C(C)C)cc(CC(=O)OCC(C)C)c(O)c4C(=O)C3C(=O)C2(O)C1=O. The Balaban J connectivity index is 1.87. The highest BCUT2D eigenvalue weighted by Crippen LogP contribution is 2.62. The van der Waals surface area contributed by atoms with E-state index >= 15 is 0 Å². The van der Waals surface area contributed by atoms with E-state index in [0.29, 0.717) is 11.1 Å². The van der Waals surface area contributed by atoms with Crippen molar-refractivity contribution in [2.75, 3.05) is 6.61 Å². The number of rotatable bonds is 6. The van der Waals surface area contributed by atoms with Crippen molar-refractivity contribution < 1.29 is 38.9 Å². The number of phenols is 1. The predicted molar refractivity (Wildman–Crippen MR) is 147 cm³/mol. The maximum atomic E-state index is 14.2. The fourth-order valence-electron chi connectivity index (χ4n) is 7.54. The lowest BCUT2D eigenvalue weighted by atomic mass is 9.44. The topological polar surface area (TPSA) is 135 Å². The average molecular weight is 553 g/mol. The molecule has 0 amide bonds. The van der Waals surface area contributed by atoms with Crippen molar-refractivity contribution in [2.45, 2.75) is 92.6 Å². The smallest absolute Gasteiger partial charge is 0.310 e. The Morgan fingerprint density at radius 1 is 1.10 bits per heavy atom. The van der Waals surface area contributed by atoms with Crippen molar-refractivity contribution in [1.29, 1.82) is 0 Å². The molecule has 1 aromatic carbocycles. The van der Waals surface area contributed by atoms with Crippen molar-refractivity contribution in [1.82, 2.24) is 0 Å². The molecule has 0 radical (unpaired) electrons. The van der Waals surface area contributed by atoms with E-state index in [-0.39, 0.29) is 66.6 Å². The lowest BCUT2D eigenvalue weighted by Gasteiger charge is -2.58. The van der Waals surface area contributed by atoms with Crippen molar-refractivity contribution in [2.24, 2.45) is 22.7 Å². The molecule has 0 aliphatic heterocycles. The van der Waals surface area contributed by atoms with Crippen LogP contribution in [0.25, 0.3) is 0 Å². The van der Waals surface area contributed by atoms with Crippen LogP contribution in [0.1, 0.15) is 101 Å². The molecule has 0 saturated heterocycles. The zero-order valence-corrected chi connectivity index (χ0v) is 24.7. The van der Waals surface area contributed by atoms with Crippen molar-refractivity contribution in [3.05, 3.63) is 39.5 Å². The average Bonchev–Trinajstić information content (AvgIpc) is 2.81. The van der Waals surface area contributed by atoms with E-state index < -0.39 is 51.5 Å². The highest BCUT2D eigenvalue weighted by atomic mass is 16.5. The lowest BCUT2D eigenvalue weighted by Crippen LogP contribution is -2.71. The molecular formula is C32H40O8. The number of fused-ring (bicyclic) bond motifs is 3. The molecule has 3 aliphatic rings. The maximum absolute atomic E-state index is 14.2. The third-order valence-electron chi connectivity index (χ3n) is 9.12. The number of aromatic hydroxyl groups is 1. The molecule has 4 unspecified atom stereocenters. The van der Waals surface area contributed by atoms with Crippen LogP contribution in [0.5, 0.6) is 5.75 Å². The number of allylic oxidation sites excluding steroid dienone is 1. The molecular weight excluding hydrogens is 512 g/mol. The number of aliphatic hydroxyl groups is 1. The summed E-state index contributed by atoms with van der Waals surface area (Å²) >= 11 is 0. The van der Waals surface area contributed by atoms with E-state index in [0.717, 1.165) is 5.56 Å². The van der Waals surface area contributed by atoms with Crippen LogP contribution in [0.3, 0.4) is 0 Å². The third-order valence-corrected chi connectivity index (χ3v) is 9.12. The van der Waals surface area contributed by atoms with E-state index in [1.165, 1.54) is 6.92 Å². The first-order valence-corrected chi connectivity index (χ1v) is 14.0. The molecule has 40 heavy (non-hydrogen) atoms. The second kappa shape index (κ2) is 9.75. The third kappa shape index (κ3) is 4.26. The Morgan fingerprint density at radius 3 is 2.27 bits per heavy atom. The molecule has 3 aliphatic carbocycles. The zero-order chi connectivity index (χ0) is 30.1. The molecule has 4 atom stereocenters. The van der Waals surface area contributed by atoms with Gasteiger partial charge >= 0.3 is 5.97 Å². The predicted octanol–water partition coefficient (Wildman–Crippen LogP) is 4.21. The van der Waals surface area contributed by atoms with E-state index in [1.54, 1.807) is 19.9 Å². The summed E-state index contributed by atoms with van der Waals surface area (Å²) in [5.41, 5.74) is -2.76. The number of carbonyl (C=O) groups is 5. The molecule has 1 fully saturated rings. The maximum Gasteiger partial charge on any atom is 0.310 e. The van der Waals surface area contributed by atoms with Gasteiger partial charge in [0.2, 0.25) is 5.78 Å². The first-order valence-electron chi connectivity index (χ1n) is 14.0. The van der Waals surface area contributed by atoms with E-state index in [9.17, 15) is 34.2 Å². The standard InChI is InChI=1S/C32H40O8/c1-15(2)13-40-22(34)10-19-9-20(16(3)4)21-12-30(7)14-31(8)11-17(5)23(18(6)33)28(37)32(31,39)29(38)25(30)27(36)24(21)26(19)35/h9,15-16,25,35,39H,10-14H2,1-8H3. The Hall–Kier alpha value is -3.13. The highest BCUT2D eigenvalue weighted by Gasteiger charge is 2.71. The van der Waals surface area contributed by atoms with Gasteiger partial charge in [-0.1, -0.05) is 53.2 Å². The van der Waals surface area contributed by atoms with Crippen LogP contribution >= 0.6 is 0 Å². The highest BCUT2D eigenvalue weighted by molar-refractivity contribution is 6.33. The van der Waals surface area contributed by atoms with Crippen LogP contribution in [-0.4, -0.2) is 51.5 Å². The summed E-state index contributed by atoms with van der Waals surface area (Å²) in [6, 6.07) is 1.74. The van der Waals surface area contributed by atoms with Gasteiger partial charge in [-0.15, -0.1) is 0 Å². The first kappa shape index (κ1) is 29.8.